The molecule has 2 N–H and O–H groups in total. The first kappa shape index (κ1) is 20.4. The van der Waals surface area contributed by atoms with Crippen LogP contribution in [0.1, 0.15) is 50.6 Å². The number of nitrogens with zero attached hydrogens (tertiary/aromatic N) is 6. The van der Waals surface area contributed by atoms with Crippen LogP contribution < -0.4 is 10.6 Å². The van der Waals surface area contributed by atoms with Gasteiger partial charge in [0, 0.05) is 20.6 Å². The predicted octanol–water partition coefficient (Wildman–Crippen LogP) is 4.30. The van der Waals surface area contributed by atoms with Crippen molar-refractivity contribution in [3.8, 4) is 0 Å². The van der Waals surface area contributed by atoms with E-state index in [1.807, 2.05) is 25.1 Å². The smallest absolute Gasteiger partial charge is 0.229 e. The molecule has 2 heterocycles. The van der Waals surface area contributed by atoms with Gasteiger partial charge in [0.1, 0.15) is 5.82 Å². The number of hydrogen-bond donors (Lipinski definition) is 1. The van der Waals surface area contributed by atoms with Crippen LogP contribution in [-0.4, -0.2) is 38.6 Å². The van der Waals surface area contributed by atoms with Gasteiger partial charge in [-0.05, 0) is 25.5 Å². The summed E-state index contributed by atoms with van der Waals surface area (Å²) in [7, 11) is 3.79. The normalized spacial score (nSPS) is 12.4. The summed E-state index contributed by atoms with van der Waals surface area (Å²) < 4.78 is 2.32. The van der Waals surface area contributed by atoms with E-state index in [1.54, 1.807) is 11.8 Å². The first-order chi connectivity index (χ1) is 13.5. The maximum Gasteiger partial charge on any atom is 0.229 e. The van der Waals surface area contributed by atoms with E-state index < -0.39 is 0 Å². The number of nitrogen functional groups attached to an aromatic ring is 1. The molecule has 0 aliphatic carbocycles. The monoisotopic (exact) mass is 399 g/mol. The highest BCUT2D eigenvalue weighted by Crippen LogP contribution is 2.35. The van der Waals surface area contributed by atoms with Gasteiger partial charge in [-0.1, -0.05) is 50.1 Å². The van der Waals surface area contributed by atoms with E-state index in [9.17, 15) is 0 Å². The molecule has 0 bridgehead atoms. The third kappa shape index (κ3) is 4.73. The summed E-state index contributed by atoms with van der Waals surface area (Å²) in [4.78, 5) is 19.8. The minimum absolute atomic E-state index is 0.00945. The van der Waals surface area contributed by atoms with Gasteiger partial charge < -0.3 is 15.2 Å². The van der Waals surface area contributed by atoms with E-state index in [0.717, 1.165) is 23.6 Å². The van der Waals surface area contributed by atoms with Crippen molar-refractivity contribution in [1.82, 2.24) is 24.5 Å². The Labute approximate surface area is 170 Å². The fraction of sp³-hybridized carbons (Fsp3) is 0.500. The van der Waals surface area contributed by atoms with E-state index in [0.29, 0.717) is 11.8 Å². The fourth-order valence-electron chi connectivity index (χ4n) is 3.05. The predicted molar refractivity (Wildman–Crippen MR) is 117 cm³/mol. The molecule has 0 aliphatic heterocycles. The topological polar surface area (TPSA) is 85.8 Å². The number of thioether (sulfide) groups is 1. The number of rotatable bonds is 9. The van der Waals surface area contributed by atoms with Gasteiger partial charge in [-0.2, -0.15) is 15.0 Å². The van der Waals surface area contributed by atoms with Crippen molar-refractivity contribution in [2.75, 3.05) is 24.7 Å². The second-order valence-corrected chi connectivity index (χ2v) is 8.41. The standard InChI is InChI=1S/C20H29N7S/c1-5-6-7-10-13-27-16-12-9-8-11-15(16)22-20(27)28-14(2)17-23-18(21)25-19(24-17)26(3)4/h8-9,11-12,14H,5-7,10,13H2,1-4H3,(H2,21,23,24,25). The van der Waals surface area contributed by atoms with Gasteiger partial charge >= 0.3 is 0 Å². The number of aryl methyl sites for hydroxylation is 1. The maximum atomic E-state index is 5.89. The molecular weight excluding hydrogens is 370 g/mol. The van der Waals surface area contributed by atoms with Crippen LogP contribution in [0.5, 0.6) is 0 Å². The molecule has 0 spiro atoms. The molecule has 150 valence electrons. The van der Waals surface area contributed by atoms with E-state index in [1.165, 1.54) is 24.8 Å². The summed E-state index contributed by atoms with van der Waals surface area (Å²) in [6.45, 7) is 5.29. The van der Waals surface area contributed by atoms with Crippen molar-refractivity contribution in [2.45, 2.75) is 56.5 Å². The van der Waals surface area contributed by atoms with Gasteiger partial charge in [0.15, 0.2) is 5.16 Å². The lowest BCUT2D eigenvalue weighted by Gasteiger charge is -2.15. The number of unbranched alkanes of at least 4 members (excludes halogenated alkanes) is 3. The lowest BCUT2D eigenvalue weighted by atomic mass is 10.2. The summed E-state index contributed by atoms with van der Waals surface area (Å²) in [5.41, 5.74) is 8.10. The van der Waals surface area contributed by atoms with Crippen LogP contribution in [0.25, 0.3) is 11.0 Å². The summed E-state index contributed by atoms with van der Waals surface area (Å²) in [6.07, 6.45) is 4.89. The highest BCUT2D eigenvalue weighted by atomic mass is 32.2. The van der Waals surface area contributed by atoms with E-state index in [4.69, 9.17) is 10.7 Å². The third-order valence-electron chi connectivity index (χ3n) is 4.56. The summed E-state index contributed by atoms with van der Waals surface area (Å²) in [5, 5.41) is 1.01. The van der Waals surface area contributed by atoms with E-state index in [2.05, 4.69) is 51.6 Å². The van der Waals surface area contributed by atoms with Gasteiger partial charge in [-0.15, -0.1) is 0 Å². The number of hydrogen-bond acceptors (Lipinski definition) is 7. The van der Waals surface area contributed by atoms with E-state index >= 15 is 0 Å². The Morgan fingerprint density at radius 1 is 1.07 bits per heavy atom. The van der Waals surface area contributed by atoms with Crippen LogP contribution in [-0.2, 0) is 6.54 Å². The van der Waals surface area contributed by atoms with Gasteiger partial charge in [-0.25, -0.2) is 4.98 Å². The van der Waals surface area contributed by atoms with Gasteiger partial charge in [0.05, 0.1) is 16.3 Å². The lowest BCUT2D eigenvalue weighted by molar-refractivity contribution is 0.563. The van der Waals surface area contributed by atoms with Crippen LogP contribution in [0.15, 0.2) is 29.4 Å². The molecule has 0 saturated heterocycles. The van der Waals surface area contributed by atoms with Gasteiger partial charge in [0.2, 0.25) is 11.9 Å². The minimum atomic E-state index is 0.00945. The second kappa shape index (κ2) is 9.23. The molecule has 7 nitrogen and oxygen atoms in total. The number of nitrogens with two attached hydrogens (primary N) is 1. The molecule has 1 aromatic carbocycles. The Bertz CT molecular complexity index is 922. The van der Waals surface area contributed by atoms with Gasteiger partial charge in [-0.3, -0.25) is 0 Å². The molecule has 0 amide bonds. The summed E-state index contributed by atoms with van der Waals surface area (Å²) in [5.74, 6) is 1.49. The van der Waals surface area contributed by atoms with Crippen molar-refractivity contribution in [2.24, 2.45) is 0 Å². The zero-order chi connectivity index (χ0) is 20.1. The van der Waals surface area contributed by atoms with Crippen LogP contribution in [0.4, 0.5) is 11.9 Å². The van der Waals surface area contributed by atoms with Crippen LogP contribution in [0, 0.1) is 0 Å². The van der Waals surface area contributed by atoms with Crippen molar-refractivity contribution >= 4 is 34.7 Å². The first-order valence-electron chi connectivity index (χ1n) is 9.80. The van der Waals surface area contributed by atoms with E-state index in [-0.39, 0.29) is 11.2 Å². The van der Waals surface area contributed by atoms with Crippen molar-refractivity contribution < 1.29 is 0 Å². The molecule has 1 atom stereocenters. The lowest BCUT2D eigenvalue weighted by Crippen LogP contribution is -2.16. The van der Waals surface area contributed by atoms with Crippen molar-refractivity contribution in [3.05, 3.63) is 30.1 Å². The molecular formula is C20H29N7S. The number of aromatic nitrogens is 5. The van der Waals surface area contributed by atoms with Crippen molar-refractivity contribution in [3.63, 3.8) is 0 Å². The third-order valence-corrected chi connectivity index (χ3v) is 5.65. The number of fused-ring (bicyclic) bond motifs is 1. The Kier molecular flexibility index (Phi) is 6.72. The van der Waals surface area contributed by atoms with Crippen LogP contribution >= 0.6 is 11.8 Å². The summed E-state index contributed by atoms with van der Waals surface area (Å²) >= 11 is 1.67. The molecule has 0 aliphatic rings. The Morgan fingerprint density at radius 3 is 2.61 bits per heavy atom. The number of benzene rings is 1. The molecule has 3 rings (SSSR count). The molecule has 0 saturated carbocycles. The zero-order valence-electron chi connectivity index (χ0n) is 17.1. The second-order valence-electron chi connectivity index (χ2n) is 7.10. The molecule has 28 heavy (non-hydrogen) atoms. The number of para-hydroxylation sites is 2. The molecule has 0 radical (unpaired) electrons. The van der Waals surface area contributed by atoms with Crippen molar-refractivity contribution in [1.29, 1.82) is 0 Å². The number of imidazole rings is 1. The molecule has 2 aromatic heterocycles. The Hall–Kier alpha value is -2.35. The minimum Gasteiger partial charge on any atom is -0.368 e. The SMILES string of the molecule is CCCCCCn1c(SC(C)c2nc(N)nc(N(C)C)n2)nc2ccccc21. The molecule has 1 unspecified atom stereocenters. The van der Waals surface area contributed by atoms with Gasteiger partial charge in [0.25, 0.3) is 0 Å². The molecule has 0 fully saturated rings. The largest absolute Gasteiger partial charge is 0.368 e. The zero-order valence-corrected chi connectivity index (χ0v) is 17.9. The highest BCUT2D eigenvalue weighted by molar-refractivity contribution is 7.99. The first-order valence-corrected chi connectivity index (χ1v) is 10.7. The molecule has 8 heteroatoms. The quantitative estimate of drug-likeness (QED) is 0.424. The Balaban J connectivity index is 1.86. The molecule has 3 aromatic rings. The maximum absolute atomic E-state index is 5.89. The van der Waals surface area contributed by atoms with Crippen LogP contribution in [0.3, 0.4) is 0 Å². The average Bonchev–Trinajstić information content (AvgIpc) is 3.01. The fourth-order valence-corrected chi connectivity index (χ4v) is 4.04. The Morgan fingerprint density at radius 2 is 1.86 bits per heavy atom. The van der Waals surface area contributed by atoms with Crippen LogP contribution in [0.2, 0.25) is 0 Å². The summed E-state index contributed by atoms with van der Waals surface area (Å²) in [6, 6.07) is 8.31. The number of anilines is 2. The average molecular weight is 400 g/mol. The highest BCUT2D eigenvalue weighted by Gasteiger charge is 2.19.